The fourth-order valence-corrected chi connectivity index (χ4v) is 2.40. The lowest BCUT2D eigenvalue weighted by molar-refractivity contribution is 0.224. The van der Waals surface area contributed by atoms with E-state index in [1.54, 1.807) is 0 Å². The number of hydrogen-bond donors (Lipinski definition) is 0. The second-order valence-electron chi connectivity index (χ2n) is 6.02. The Bertz CT molecular complexity index is 351. The van der Waals surface area contributed by atoms with Gasteiger partial charge in [-0.3, -0.25) is 4.90 Å². The third-order valence-electron chi connectivity index (χ3n) is 3.56. The summed E-state index contributed by atoms with van der Waals surface area (Å²) < 4.78 is 5.09. The van der Waals surface area contributed by atoms with E-state index in [4.69, 9.17) is 4.52 Å². The van der Waals surface area contributed by atoms with Gasteiger partial charge in [0.05, 0.1) is 5.69 Å². The second-order valence-corrected chi connectivity index (χ2v) is 6.02. The minimum Gasteiger partial charge on any atom is -0.361 e. The smallest absolute Gasteiger partial charge is 0.133 e. The summed E-state index contributed by atoms with van der Waals surface area (Å²) in [4.78, 5) is 2.48. The summed E-state index contributed by atoms with van der Waals surface area (Å²) in [5.74, 6) is 1.71. The lowest BCUT2D eigenvalue weighted by atomic mass is 9.80. The molecule has 1 fully saturated rings. The molecule has 16 heavy (non-hydrogen) atoms. The van der Waals surface area contributed by atoms with E-state index in [9.17, 15) is 0 Å². The Morgan fingerprint density at radius 2 is 2.25 bits per heavy atom. The summed E-state index contributed by atoms with van der Waals surface area (Å²) in [5, 5.41) is 4.05. The van der Waals surface area contributed by atoms with Crippen LogP contribution in [0.4, 0.5) is 0 Å². The zero-order valence-electron chi connectivity index (χ0n) is 10.8. The van der Waals surface area contributed by atoms with Gasteiger partial charge in [-0.15, -0.1) is 0 Å². The van der Waals surface area contributed by atoms with Crippen molar-refractivity contribution in [2.75, 3.05) is 13.1 Å². The van der Waals surface area contributed by atoms with E-state index < -0.39 is 0 Å². The Kier molecular flexibility index (Phi) is 3.06. The highest BCUT2D eigenvalue weighted by Crippen LogP contribution is 2.33. The summed E-state index contributed by atoms with van der Waals surface area (Å²) in [5.41, 5.74) is 1.49. The molecular weight excluding hydrogens is 200 g/mol. The first-order valence-electron chi connectivity index (χ1n) is 6.10. The van der Waals surface area contributed by atoms with Crippen molar-refractivity contribution >= 4 is 0 Å². The lowest BCUT2D eigenvalue weighted by Gasteiger charge is -2.26. The maximum atomic E-state index is 5.09. The fraction of sp³-hybridized carbons (Fsp3) is 0.769. The van der Waals surface area contributed by atoms with Crippen LogP contribution in [0.1, 0.15) is 38.6 Å². The highest BCUT2D eigenvalue weighted by Gasteiger charge is 2.31. The van der Waals surface area contributed by atoms with Crippen LogP contribution in [0.2, 0.25) is 0 Å². The standard InChI is InChI=1S/C13H22N2O/c1-10-7-12(14-16-10)9-15-6-5-11(8-15)13(2,3)4/h7,11H,5-6,8-9H2,1-4H3. The topological polar surface area (TPSA) is 29.3 Å². The molecule has 0 spiro atoms. The molecule has 90 valence electrons. The largest absolute Gasteiger partial charge is 0.361 e. The minimum atomic E-state index is 0.425. The molecule has 0 radical (unpaired) electrons. The molecule has 1 saturated heterocycles. The molecule has 0 amide bonds. The van der Waals surface area contributed by atoms with Gasteiger partial charge in [-0.2, -0.15) is 0 Å². The van der Waals surface area contributed by atoms with Crippen molar-refractivity contribution in [1.82, 2.24) is 10.1 Å². The summed E-state index contributed by atoms with van der Waals surface area (Å²) in [6, 6.07) is 2.03. The van der Waals surface area contributed by atoms with Crippen molar-refractivity contribution in [3.63, 3.8) is 0 Å². The van der Waals surface area contributed by atoms with E-state index in [-0.39, 0.29) is 0 Å². The van der Waals surface area contributed by atoms with Crippen molar-refractivity contribution in [3.8, 4) is 0 Å². The summed E-state index contributed by atoms with van der Waals surface area (Å²) in [7, 11) is 0. The van der Waals surface area contributed by atoms with Crippen molar-refractivity contribution < 1.29 is 4.52 Å². The van der Waals surface area contributed by atoms with Crippen LogP contribution in [0.25, 0.3) is 0 Å². The van der Waals surface area contributed by atoms with Crippen LogP contribution >= 0.6 is 0 Å². The fourth-order valence-electron chi connectivity index (χ4n) is 2.40. The highest BCUT2D eigenvalue weighted by molar-refractivity contribution is 5.03. The maximum absolute atomic E-state index is 5.09. The Morgan fingerprint density at radius 1 is 1.50 bits per heavy atom. The average molecular weight is 222 g/mol. The number of likely N-dealkylation sites (tertiary alicyclic amines) is 1. The highest BCUT2D eigenvalue weighted by atomic mass is 16.5. The Morgan fingerprint density at radius 3 is 2.75 bits per heavy atom. The van der Waals surface area contributed by atoms with Crippen LogP contribution in [-0.2, 0) is 6.54 Å². The van der Waals surface area contributed by atoms with E-state index >= 15 is 0 Å². The molecule has 1 aromatic heterocycles. The predicted molar refractivity (Wildman–Crippen MR) is 64.1 cm³/mol. The van der Waals surface area contributed by atoms with Gasteiger partial charge < -0.3 is 4.52 Å². The molecule has 0 aliphatic carbocycles. The van der Waals surface area contributed by atoms with Gasteiger partial charge >= 0.3 is 0 Å². The van der Waals surface area contributed by atoms with E-state index in [2.05, 4.69) is 30.8 Å². The molecule has 0 bridgehead atoms. The monoisotopic (exact) mass is 222 g/mol. The molecule has 0 aromatic carbocycles. The molecule has 2 rings (SSSR count). The molecule has 0 saturated carbocycles. The van der Waals surface area contributed by atoms with Crippen LogP contribution in [-0.4, -0.2) is 23.1 Å². The third-order valence-corrected chi connectivity index (χ3v) is 3.56. The molecule has 1 aliphatic heterocycles. The molecule has 1 aliphatic rings. The number of hydrogen-bond acceptors (Lipinski definition) is 3. The van der Waals surface area contributed by atoms with E-state index in [0.717, 1.165) is 23.9 Å². The van der Waals surface area contributed by atoms with E-state index in [1.807, 2.05) is 13.0 Å². The first-order chi connectivity index (χ1) is 7.45. The number of rotatable bonds is 2. The predicted octanol–water partition coefficient (Wildman–Crippen LogP) is 2.85. The first kappa shape index (κ1) is 11.6. The molecule has 2 heterocycles. The van der Waals surface area contributed by atoms with Gasteiger partial charge in [0.1, 0.15) is 5.76 Å². The Balaban J connectivity index is 1.90. The van der Waals surface area contributed by atoms with Gasteiger partial charge in [-0.1, -0.05) is 25.9 Å². The zero-order chi connectivity index (χ0) is 11.8. The van der Waals surface area contributed by atoms with Gasteiger partial charge in [0.2, 0.25) is 0 Å². The molecule has 1 aromatic rings. The normalized spacial score (nSPS) is 22.9. The van der Waals surface area contributed by atoms with Crippen LogP contribution in [0.15, 0.2) is 10.6 Å². The molecule has 0 N–H and O–H groups in total. The van der Waals surface area contributed by atoms with Gasteiger partial charge in [0, 0.05) is 19.2 Å². The quantitative estimate of drug-likeness (QED) is 0.770. The van der Waals surface area contributed by atoms with E-state index in [1.165, 1.54) is 19.5 Å². The minimum absolute atomic E-state index is 0.425. The molecule has 1 atom stereocenters. The van der Waals surface area contributed by atoms with Crippen molar-refractivity contribution in [2.24, 2.45) is 11.3 Å². The zero-order valence-corrected chi connectivity index (χ0v) is 10.8. The number of nitrogens with zero attached hydrogens (tertiary/aromatic N) is 2. The summed E-state index contributed by atoms with van der Waals surface area (Å²) in [6.07, 6.45) is 1.31. The third kappa shape index (κ3) is 2.64. The SMILES string of the molecule is Cc1cc(CN2CCC(C(C)(C)C)C2)no1. The van der Waals surface area contributed by atoms with Crippen molar-refractivity contribution in [1.29, 1.82) is 0 Å². The summed E-state index contributed by atoms with van der Waals surface area (Å²) >= 11 is 0. The van der Waals surface area contributed by atoms with Crippen molar-refractivity contribution in [2.45, 2.75) is 40.7 Å². The Labute approximate surface area is 97.8 Å². The van der Waals surface area contributed by atoms with Crippen LogP contribution in [0.3, 0.4) is 0 Å². The maximum Gasteiger partial charge on any atom is 0.133 e. The van der Waals surface area contributed by atoms with Crippen LogP contribution in [0, 0.1) is 18.3 Å². The Hall–Kier alpha value is -0.830. The summed E-state index contributed by atoms with van der Waals surface area (Å²) in [6.45, 7) is 12.3. The van der Waals surface area contributed by atoms with Gasteiger partial charge in [-0.25, -0.2) is 0 Å². The van der Waals surface area contributed by atoms with Gasteiger partial charge in [0.15, 0.2) is 0 Å². The molecular formula is C13H22N2O. The first-order valence-corrected chi connectivity index (χ1v) is 6.10. The molecule has 1 unspecified atom stereocenters. The molecule has 3 nitrogen and oxygen atoms in total. The second kappa shape index (κ2) is 4.21. The number of aryl methyl sites for hydroxylation is 1. The van der Waals surface area contributed by atoms with Crippen LogP contribution < -0.4 is 0 Å². The molecule has 3 heteroatoms. The average Bonchev–Trinajstić information content (AvgIpc) is 2.74. The van der Waals surface area contributed by atoms with Crippen LogP contribution in [0.5, 0.6) is 0 Å². The van der Waals surface area contributed by atoms with Crippen molar-refractivity contribution in [3.05, 3.63) is 17.5 Å². The van der Waals surface area contributed by atoms with E-state index in [0.29, 0.717) is 5.41 Å². The number of aromatic nitrogens is 1. The lowest BCUT2D eigenvalue weighted by Crippen LogP contribution is -2.25. The van der Waals surface area contributed by atoms with Gasteiger partial charge in [-0.05, 0) is 31.2 Å². The van der Waals surface area contributed by atoms with Gasteiger partial charge in [0.25, 0.3) is 0 Å².